The molecule has 5 nitrogen and oxygen atoms in total. The van der Waals surface area contributed by atoms with E-state index >= 15 is 0 Å². The molecule has 3 heterocycles. The zero-order valence-electron chi connectivity index (χ0n) is 13.0. The quantitative estimate of drug-likeness (QED) is 0.842. The van der Waals surface area contributed by atoms with Crippen LogP contribution in [0.3, 0.4) is 0 Å². The van der Waals surface area contributed by atoms with E-state index in [1.54, 1.807) is 16.2 Å². The molecule has 2 aliphatic heterocycles. The van der Waals surface area contributed by atoms with Gasteiger partial charge in [0.1, 0.15) is 0 Å². The lowest BCUT2D eigenvalue weighted by molar-refractivity contribution is -0.145. The van der Waals surface area contributed by atoms with Crippen molar-refractivity contribution in [2.75, 3.05) is 39.8 Å². The first-order valence-corrected chi connectivity index (χ1v) is 8.84. The third kappa shape index (κ3) is 3.50. The van der Waals surface area contributed by atoms with Crippen LogP contribution in [-0.4, -0.2) is 66.3 Å². The zero-order chi connectivity index (χ0) is 15.5. The summed E-state index contributed by atoms with van der Waals surface area (Å²) in [4.78, 5) is 30.4. The summed E-state index contributed by atoms with van der Waals surface area (Å²) < 4.78 is 0. The van der Waals surface area contributed by atoms with E-state index in [1.807, 2.05) is 11.9 Å². The molecule has 3 rings (SSSR count). The lowest BCUT2D eigenvalue weighted by atomic mass is 9.94. The van der Waals surface area contributed by atoms with Gasteiger partial charge in [-0.05, 0) is 28.8 Å². The molecule has 1 atom stereocenters. The minimum atomic E-state index is -0.105. The second-order valence-electron chi connectivity index (χ2n) is 6.24. The van der Waals surface area contributed by atoms with Gasteiger partial charge in [-0.2, -0.15) is 11.3 Å². The Morgan fingerprint density at radius 3 is 2.68 bits per heavy atom. The van der Waals surface area contributed by atoms with Crippen LogP contribution in [0.15, 0.2) is 16.8 Å². The molecule has 0 spiro atoms. The van der Waals surface area contributed by atoms with Crippen molar-refractivity contribution in [2.24, 2.45) is 5.92 Å². The number of thiophene rings is 1. The molecule has 2 fully saturated rings. The fourth-order valence-electron chi connectivity index (χ4n) is 3.18. The Hall–Kier alpha value is -1.40. The second kappa shape index (κ2) is 6.79. The molecule has 0 bridgehead atoms. The maximum atomic E-state index is 12.6. The van der Waals surface area contributed by atoms with Crippen molar-refractivity contribution in [3.8, 4) is 0 Å². The molecule has 2 aliphatic rings. The van der Waals surface area contributed by atoms with Crippen LogP contribution in [0.25, 0.3) is 0 Å². The zero-order valence-corrected chi connectivity index (χ0v) is 13.8. The van der Waals surface area contributed by atoms with Gasteiger partial charge in [-0.15, -0.1) is 0 Å². The second-order valence-corrected chi connectivity index (χ2v) is 7.02. The highest BCUT2D eigenvalue weighted by Crippen LogP contribution is 2.21. The van der Waals surface area contributed by atoms with Crippen molar-refractivity contribution in [3.63, 3.8) is 0 Å². The molecule has 0 N–H and O–H groups in total. The fraction of sp³-hybridized carbons (Fsp3) is 0.625. The van der Waals surface area contributed by atoms with Gasteiger partial charge in [-0.1, -0.05) is 0 Å². The number of rotatable bonds is 3. The first kappa shape index (κ1) is 15.5. The van der Waals surface area contributed by atoms with Gasteiger partial charge in [-0.3, -0.25) is 14.5 Å². The van der Waals surface area contributed by atoms with Crippen LogP contribution in [0.4, 0.5) is 0 Å². The Balaban J connectivity index is 1.48. The molecule has 2 amide bonds. The van der Waals surface area contributed by atoms with Crippen LogP contribution in [0, 0.1) is 5.92 Å². The van der Waals surface area contributed by atoms with Gasteiger partial charge < -0.3 is 9.80 Å². The van der Waals surface area contributed by atoms with Crippen molar-refractivity contribution in [1.82, 2.24) is 14.7 Å². The highest BCUT2D eigenvalue weighted by atomic mass is 32.1. The number of nitrogens with zero attached hydrogens (tertiary/aromatic N) is 3. The average Bonchev–Trinajstić information content (AvgIpc) is 3.03. The van der Waals surface area contributed by atoms with Crippen molar-refractivity contribution in [1.29, 1.82) is 0 Å². The first-order valence-electron chi connectivity index (χ1n) is 7.89. The summed E-state index contributed by atoms with van der Waals surface area (Å²) in [6.45, 7) is 5.07. The molecule has 0 radical (unpaired) electrons. The smallest absolute Gasteiger partial charge is 0.226 e. The Morgan fingerprint density at radius 1 is 1.27 bits per heavy atom. The number of piperazine rings is 1. The molecular weight excluding hydrogens is 298 g/mol. The van der Waals surface area contributed by atoms with E-state index in [2.05, 4.69) is 21.7 Å². The van der Waals surface area contributed by atoms with Crippen LogP contribution in [-0.2, 0) is 16.1 Å². The number of piperidine rings is 1. The molecule has 0 aliphatic carbocycles. The summed E-state index contributed by atoms with van der Waals surface area (Å²) in [5.41, 5.74) is 1.35. The molecule has 6 heteroatoms. The standard InChI is InChI=1S/C16H23N3O2S/c1-17-4-2-14(10-15(17)20)16(21)19-7-5-18(6-8-19)11-13-3-9-22-12-13/h3,9,12,14H,2,4-8,10-11H2,1H3. The molecule has 0 saturated carbocycles. The molecule has 1 aromatic heterocycles. The normalized spacial score (nSPS) is 23.9. The number of hydrogen-bond acceptors (Lipinski definition) is 4. The Kier molecular flexibility index (Phi) is 4.78. The highest BCUT2D eigenvalue weighted by molar-refractivity contribution is 7.07. The topological polar surface area (TPSA) is 43.9 Å². The van der Waals surface area contributed by atoms with Crippen molar-refractivity contribution in [2.45, 2.75) is 19.4 Å². The third-order valence-corrected chi connectivity index (χ3v) is 5.41. The molecule has 120 valence electrons. The molecule has 0 aromatic carbocycles. The predicted octanol–water partition coefficient (Wildman–Crippen LogP) is 1.26. The summed E-state index contributed by atoms with van der Waals surface area (Å²) in [5.74, 6) is 0.171. The monoisotopic (exact) mass is 321 g/mol. The maximum Gasteiger partial charge on any atom is 0.226 e. The lowest BCUT2D eigenvalue weighted by Crippen LogP contribution is -2.51. The number of carbonyl (C=O) groups is 2. The first-order chi connectivity index (χ1) is 10.6. The largest absolute Gasteiger partial charge is 0.346 e. The average molecular weight is 321 g/mol. The minimum absolute atomic E-state index is 0.0979. The van der Waals surface area contributed by atoms with E-state index in [4.69, 9.17) is 0 Å². The maximum absolute atomic E-state index is 12.6. The van der Waals surface area contributed by atoms with Gasteiger partial charge in [0.2, 0.25) is 11.8 Å². The number of amides is 2. The van der Waals surface area contributed by atoms with Crippen molar-refractivity contribution < 1.29 is 9.59 Å². The van der Waals surface area contributed by atoms with E-state index in [-0.39, 0.29) is 17.7 Å². The van der Waals surface area contributed by atoms with E-state index in [0.717, 1.165) is 39.1 Å². The summed E-state index contributed by atoms with van der Waals surface area (Å²) >= 11 is 1.73. The molecule has 1 unspecified atom stereocenters. The summed E-state index contributed by atoms with van der Waals surface area (Å²) in [5, 5.41) is 4.29. The van der Waals surface area contributed by atoms with Crippen LogP contribution in [0.5, 0.6) is 0 Å². The van der Waals surface area contributed by atoms with E-state index in [9.17, 15) is 9.59 Å². The van der Waals surface area contributed by atoms with Gasteiger partial charge in [0.05, 0.1) is 0 Å². The Morgan fingerprint density at radius 2 is 2.05 bits per heavy atom. The predicted molar refractivity (Wildman–Crippen MR) is 86.5 cm³/mol. The van der Waals surface area contributed by atoms with Crippen molar-refractivity contribution in [3.05, 3.63) is 22.4 Å². The fourth-order valence-corrected chi connectivity index (χ4v) is 3.84. The van der Waals surface area contributed by atoms with Crippen LogP contribution in [0.2, 0.25) is 0 Å². The minimum Gasteiger partial charge on any atom is -0.346 e. The van der Waals surface area contributed by atoms with Gasteiger partial charge in [0, 0.05) is 58.7 Å². The summed E-state index contributed by atoms with van der Waals surface area (Å²) in [6.07, 6.45) is 1.18. The Labute approximate surface area is 135 Å². The Bertz CT molecular complexity index is 524. The molecule has 2 saturated heterocycles. The van der Waals surface area contributed by atoms with E-state index in [0.29, 0.717) is 13.0 Å². The summed E-state index contributed by atoms with van der Waals surface area (Å²) in [6, 6.07) is 2.16. The molecule has 22 heavy (non-hydrogen) atoms. The highest BCUT2D eigenvalue weighted by Gasteiger charge is 2.32. The number of likely N-dealkylation sites (tertiary alicyclic amines) is 1. The number of hydrogen-bond donors (Lipinski definition) is 0. The van der Waals surface area contributed by atoms with E-state index in [1.165, 1.54) is 5.56 Å². The van der Waals surface area contributed by atoms with Gasteiger partial charge in [0.25, 0.3) is 0 Å². The van der Waals surface area contributed by atoms with Gasteiger partial charge in [0.15, 0.2) is 0 Å². The summed E-state index contributed by atoms with van der Waals surface area (Å²) in [7, 11) is 1.81. The van der Waals surface area contributed by atoms with Crippen molar-refractivity contribution >= 4 is 23.2 Å². The van der Waals surface area contributed by atoms with Crippen LogP contribution < -0.4 is 0 Å². The van der Waals surface area contributed by atoms with Crippen LogP contribution >= 0.6 is 11.3 Å². The molecular formula is C16H23N3O2S. The van der Waals surface area contributed by atoms with Gasteiger partial charge in [-0.25, -0.2) is 0 Å². The lowest BCUT2D eigenvalue weighted by Gasteiger charge is -2.37. The number of carbonyl (C=O) groups excluding carboxylic acids is 2. The molecule has 1 aromatic rings. The van der Waals surface area contributed by atoms with Crippen LogP contribution in [0.1, 0.15) is 18.4 Å². The van der Waals surface area contributed by atoms with Gasteiger partial charge >= 0.3 is 0 Å². The van der Waals surface area contributed by atoms with E-state index < -0.39 is 0 Å². The third-order valence-electron chi connectivity index (χ3n) is 4.68. The SMILES string of the molecule is CN1CCC(C(=O)N2CCN(Cc3ccsc3)CC2)CC1=O.